The van der Waals surface area contributed by atoms with E-state index in [4.69, 9.17) is 0 Å². The van der Waals surface area contributed by atoms with Crippen LogP contribution in [-0.4, -0.2) is 14.5 Å². The van der Waals surface area contributed by atoms with Crippen LogP contribution in [0.4, 0.5) is 0 Å². The summed E-state index contributed by atoms with van der Waals surface area (Å²) < 4.78 is 1.53. The van der Waals surface area contributed by atoms with Gasteiger partial charge >= 0.3 is 5.69 Å². The number of H-pyrrole nitrogens is 1. The van der Waals surface area contributed by atoms with Crippen LogP contribution in [-0.2, 0) is 6.54 Å². The SMILES string of the molecule is CCCn1c(=O)[nH]c(=O)c2c(-c3ccc(-c4ccccc4)cc3)ccnc21. The maximum Gasteiger partial charge on any atom is 0.329 e. The molecule has 5 nitrogen and oxygen atoms in total. The zero-order chi connectivity index (χ0) is 18.8. The van der Waals surface area contributed by atoms with Crippen molar-refractivity contribution in [2.45, 2.75) is 19.9 Å². The van der Waals surface area contributed by atoms with Crippen molar-refractivity contribution in [1.82, 2.24) is 14.5 Å². The first-order valence-corrected chi connectivity index (χ1v) is 8.96. The molecule has 0 aliphatic rings. The van der Waals surface area contributed by atoms with E-state index in [0.29, 0.717) is 17.6 Å². The van der Waals surface area contributed by atoms with Crippen LogP contribution in [0.2, 0.25) is 0 Å². The van der Waals surface area contributed by atoms with Gasteiger partial charge in [0.1, 0.15) is 5.65 Å². The van der Waals surface area contributed by atoms with Gasteiger partial charge < -0.3 is 0 Å². The Hall–Kier alpha value is -3.47. The Morgan fingerprint density at radius 2 is 1.56 bits per heavy atom. The standard InChI is InChI=1S/C22H19N3O2/c1-2-14-25-20-19(21(26)24-22(25)27)18(12-13-23-20)17-10-8-16(9-11-17)15-6-4-3-5-7-15/h3-13H,2,14H2,1H3,(H,24,26,27). The van der Waals surface area contributed by atoms with Crippen molar-refractivity contribution in [2.24, 2.45) is 0 Å². The number of hydrogen-bond donors (Lipinski definition) is 1. The Kier molecular flexibility index (Phi) is 4.42. The van der Waals surface area contributed by atoms with Crippen molar-refractivity contribution in [3.63, 3.8) is 0 Å². The first-order chi connectivity index (χ1) is 13.2. The molecule has 0 bridgehead atoms. The van der Waals surface area contributed by atoms with Crippen molar-refractivity contribution in [3.8, 4) is 22.3 Å². The van der Waals surface area contributed by atoms with Gasteiger partial charge in [-0.05, 0) is 34.7 Å². The minimum Gasteiger partial charge on any atom is -0.278 e. The molecular weight excluding hydrogens is 338 g/mol. The van der Waals surface area contributed by atoms with Gasteiger partial charge in [0.25, 0.3) is 5.56 Å². The van der Waals surface area contributed by atoms with Crippen molar-refractivity contribution in [1.29, 1.82) is 0 Å². The van der Waals surface area contributed by atoms with Crippen molar-refractivity contribution < 1.29 is 0 Å². The van der Waals surface area contributed by atoms with Crippen LogP contribution in [0.1, 0.15) is 13.3 Å². The van der Waals surface area contributed by atoms with Crippen LogP contribution in [0.3, 0.4) is 0 Å². The summed E-state index contributed by atoms with van der Waals surface area (Å²) in [7, 11) is 0. The van der Waals surface area contributed by atoms with Crippen LogP contribution in [0.5, 0.6) is 0 Å². The van der Waals surface area contributed by atoms with Crippen LogP contribution in [0.15, 0.2) is 76.4 Å². The predicted octanol–water partition coefficient (Wildman–Crippen LogP) is 3.83. The third-order valence-corrected chi connectivity index (χ3v) is 4.63. The summed E-state index contributed by atoms with van der Waals surface area (Å²) in [4.78, 5) is 31.4. The summed E-state index contributed by atoms with van der Waals surface area (Å²) in [5, 5.41) is 0.443. The van der Waals surface area contributed by atoms with Crippen molar-refractivity contribution in [2.75, 3.05) is 0 Å². The van der Waals surface area contributed by atoms with Gasteiger partial charge in [0.15, 0.2) is 0 Å². The number of rotatable bonds is 4. The molecule has 0 saturated carbocycles. The quantitative estimate of drug-likeness (QED) is 0.603. The summed E-state index contributed by atoms with van der Waals surface area (Å²) in [5.41, 5.74) is 3.53. The highest BCUT2D eigenvalue weighted by molar-refractivity contribution is 5.92. The van der Waals surface area contributed by atoms with Gasteiger partial charge in [0, 0.05) is 12.7 Å². The Balaban J connectivity index is 1.88. The van der Waals surface area contributed by atoms with E-state index in [2.05, 4.69) is 22.1 Å². The van der Waals surface area contributed by atoms with Gasteiger partial charge in [-0.2, -0.15) is 0 Å². The number of aryl methyl sites for hydroxylation is 1. The molecule has 0 aliphatic heterocycles. The predicted molar refractivity (Wildman–Crippen MR) is 108 cm³/mol. The van der Waals surface area contributed by atoms with E-state index in [1.165, 1.54) is 4.57 Å². The maximum atomic E-state index is 12.5. The molecule has 0 saturated heterocycles. The highest BCUT2D eigenvalue weighted by Gasteiger charge is 2.13. The second-order valence-electron chi connectivity index (χ2n) is 6.41. The monoisotopic (exact) mass is 357 g/mol. The second-order valence-corrected chi connectivity index (χ2v) is 6.41. The highest BCUT2D eigenvalue weighted by atomic mass is 16.2. The molecule has 2 aromatic heterocycles. The number of benzene rings is 2. The molecule has 0 atom stereocenters. The first-order valence-electron chi connectivity index (χ1n) is 8.96. The number of fused-ring (bicyclic) bond motifs is 1. The van der Waals surface area contributed by atoms with Crippen LogP contribution in [0.25, 0.3) is 33.3 Å². The van der Waals surface area contributed by atoms with E-state index in [0.717, 1.165) is 28.7 Å². The largest absolute Gasteiger partial charge is 0.329 e. The lowest BCUT2D eigenvalue weighted by Gasteiger charge is -2.11. The van der Waals surface area contributed by atoms with Gasteiger partial charge in [0.2, 0.25) is 0 Å². The minimum absolute atomic E-state index is 0.405. The van der Waals surface area contributed by atoms with Gasteiger partial charge in [-0.25, -0.2) is 9.78 Å². The Labute approximate surface area is 156 Å². The molecule has 0 spiro atoms. The number of aromatic amines is 1. The molecular formula is C22H19N3O2. The third kappa shape index (κ3) is 3.08. The molecule has 134 valence electrons. The molecule has 2 heterocycles. The smallest absolute Gasteiger partial charge is 0.278 e. The lowest BCUT2D eigenvalue weighted by molar-refractivity contribution is 0.651. The molecule has 0 amide bonds. The molecule has 4 rings (SSSR count). The number of nitrogens with zero attached hydrogens (tertiary/aromatic N) is 2. The van der Waals surface area contributed by atoms with E-state index in [1.54, 1.807) is 6.20 Å². The van der Waals surface area contributed by atoms with Crippen molar-refractivity contribution >= 4 is 11.0 Å². The Morgan fingerprint density at radius 3 is 2.26 bits per heavy atom. The highest BCUT2D eigenvalue weighted by Crippen LogP contribution is 2.27. The third-order valence-electron chi connectivity index (χ3n) is 4.63. The Morgan fingerprint density at radius 1 is 0.889 bits per heavy atom. The fourth-order valence-corrected chi connectivity index (χ4v) is 3.35. The molecule has 1 N–H and O–H groups in total. The average Bonchev–Trinajstić information content (AvgIpc) is 2.71. The number of pyridine rings is 1. The normalized spacial score (nSPS) is 11.0. The molecule has 0 radical (unpaired) electrons. The summed E-state index contributed by atoms with van der Waals surface area (Å²) in [6, 6.07) is 20.0. The zero-order valence-electron chi connectivity index (χ0n) is 15.0. The molecule has 5 heteroatoms. The molecule has 0 unspecified atom stereocenters. The van der Waals surface area contributed by atoms with Gasteiger partial charge in [-0.1, -0.05) is 61.5 Å². The van der Waals surface area contributed by atoms with E-state index < -0.39 is 11.2 Å². The molecule has 0 fully saturated rings. The Bertz CT molecular complexity index is 1210. The lowest BCUT2D eigenvalue weighted by Crippen LogP contribution is -2.31. The van der Waals surface area contributed by atoms with E-state index >= 15 is 0 Å². The van der Waals surface area contributed by atoms with Crippen molar-refractivity contribution in [3.05, 3.63) is 87.7 Å². The molecule has 0 aliphatic carbocycles. The van der Waals surface area contributed by atoms with Gasteiger partial charge in [-0.3, -0.25) is 14.3 Å². The van der Waals surface area contributed by atoms with Crippen LogP contribution in [0, 0.1) is 0 Å². The van der Waals surface area contributed by atoms with Gasteiger partial charge in [0.05, 0.1) is 5.39 Å². The lowest BCUT2D eigenvalue weighted by atomic mass is 9.99. The van der Waals surface area contributed by atoms with E-state index in [-0.39, 0.29) is 0 Å². The average molecular weight is 357 g/mol. The summed E-state index contributed by atoms with van der Waals surface area (Å²) in [5.74, 6) is 0. The summed E-state index contributed by atoms with van der Waals surface area (Å²) >= 11 is 0. The minimum atomic E-state index is -0.418. The van der Waals surface area contributed by atoms with E-state index in [9.17, 15) is 9.59 Å². The molecule has 27 heavy (non-hydrogen) atoms. The number of hydrogen-bond acceptors (Lipinski definition) is 3. The zero-order valence-corrected chi connectivity index (χ0v) is 15.0. The fourth-order valence-electron chi connectivity index (χ4n) is 3.35. The van der Waals surface area contributed by atoms with Crippen LogP contribution >= 0.6 is 0 Å². The molecule has 4 aromatic rings. The topological polar surface area (TPSA) is 67.8 Å². The number of nitrogens with one attached hydrogen (secondary N) is 1. The number of aromatic nitrogens is 3. The summed E-state index contributed by atoms with van der Waals surface area (Å²) in [6.07, 6.45) is 2.42. The van der Waals surface area contributed by atoms with Gasteiger partial charge in [-0.15, -0.1) is 0 Å². The summed E-state index contributed by atoms with van der Waals surface area (Å²) in [6.45, 7) is 2.49. The first kappa shape index (κ1) is 17.0. The maximum absolute atomic E-state index is 12.5. The molecule has 2 aromatic carbocycles. The van der Waals surface area contributed by atoms with E-state index in [1.807, 2.05) is 55.5 Å². The van der Waals surface area contributed by atoms with Crippen LogP contribution < -0.4 is 11.2 Å². The fraction of sp³-hybridized carbons (Fsp3) is 0.136. The second kappa shape index (κ2) is 7.03.